The lowest BCUT2D eigenvalue weighted by molar-refractivity contribution is 0.103. The smallest absolute Gasteiger partial charge is 0.221 e. The van der Waals surface area contributed by atoms with Gasteiger partial charge in [-0.2, -0.15) is 5.26 Å². The van der Waals surface area contributed by atoms with Gasteiger partial charge in [-0.15, -0.1) is 0 Å². The first-order valence-corrected chi connectivity index (χ1v) is 6.35. The van der Waals surface area contributed by atoms with Crippen molar-refractivity contribution in [1.82, 2.24) is 9.88 Å². The fourth-order valence-corrected chi connectivity index (χ4v) is 2.26. The van der Waals surface area contributed by atoms with Crippen LogP contribution in [0.25, 0.3) is 10.9 Å². The molecular formula is C16H17N3O. The molecule has 0 saturated carbocycles. The predicted molar refractivity (Wildman–Crippen MR) is 79.5 cm³/mol. The second-order valence-electron chi connectivity index (χ2n) is 5.17. The number of hydrogen-bond donors (Lipinski definition) is 1. The number of ketones is 1. The highest BCUT2D eigenvalue weighted by atomic mass is 16.1. The quantitative estimate of drug-likeness (QED) is 0.528. The first-order chi connectivity index (χ1) is 9.42. The van der Waals surface area contributed by atoms with Gasteiger partial charge in [-0.05, 0) is 37.1 Å². The number of nitriles is 1. The number of benzene rings is 1. The molecule has 0 saturated heterocycles. The zero-order valence-corrected chi connectivity index (χ0v) is 12.1. The summed E-state index contributed by atoms with van der Waals surface area (Å²) in [7, 11) is 3.56. The molecule has 0 aliphatic heterocycles. The van der Waals surface area contributed by atoms with Crippen molar-refractivity contribution < 1.29 is 4.79 Å². The molecule has 0 radical (unpaired) electrons. The van der Waals surface area contributed by atoms with E-state index in [0.29, 0.717) is 5.69 Å². The third-order valence-electron chi connectivity index (χ3n) is 3.09. The summed E-state index contributed by atoms with van der Waals surface area (Å²) in [5, 5.41) is 10.1. The lowest BCUT2D eigenvalue weighted by atomic mass is 10.1. The number of hydrogen-bond acceptors (Lipinski definition) is 3. The normalized spacial score (nSPS) is 11.4. The van der Waals surface area contributed by atoms with E-state index in [1.54, 1.807) is 19.0 Å². The summed E-state index contributed by atoms with van der Waals surface area (Å²) in [5.74, 6) is -0.283. The molecule has 1 aromatic heterocycles. The number of nitrogens with zero attached hydrogens (tertiary/aromatic N) is 2. The van der Waals surface area contributed by atoms with Crippen LogP contribution in [0.5, 0.6) is 0 Å². The highest BCUT2D eigenvalue weighted by molar-refractivity contribution is 6.12. The molecule has 2 aromatic rings. The van der Waals surface area contributed by atoms with Gasteiger partial charge in [-0.25, -0.2) is 0 Å². The number of aryl methyl sites for hydroxylation is 2. The Hall–Kier alpha value is -2.54. The van der Waals surface area contributed by atoms with E-state index in [0.717, 1.165) is 22.0 Å². The SMILES string of the molecule is Cc1cc(C)c2cc(C(=O)C(C#N)=CN(C)C)[nH]c2c1. The van der Waals surface area contributed by atoms with Crippen molar-refractivity contribution in [3.05, 3.63) is 46.8 Å². The Labute approximate surface area is 118 Å². The Balaban J connectivity index is 2.51. The van der Waals surface area contributed by atoms with Gasteiger partial charge >= 0.3 is 0 Å². The minimum atomic E-state index is -0.283. The molecule has 1 aromatic carbocycles. The Morgan fingerprint density at radius 3 is 2.60 bits per heavy atom. The first kappa shape index (κ1) is 13.9. The number of aromatic nitrogens is 1. The third kappa shape index (κ3) is 2.57. The topological polar surface area (TPSA) is 59.9 Å². The van der Waals surface area contributed by atoms with Crippen LogP contribution >= 0.6 is 0 Å². The minimum Gasteiger partial charge on any atom is -0.382 e. The Morgan fingerprint density at radius 2 is 2.00 bits per heavy atom. The fourth-order valence-electron chi connectivity index (χ4n) is 2.26. The fraction of sp³-hybridized carbons (Fsp3) is 0.250. The Morgan fingerprint density at radius 1 is 1.30 bits per heavy atom. The van der Waals surface area contributed by atoms with Crippen molar-refractivity contribution in [2.24, 2.45) is 0 Å². The van der Waals surface area contributed by atoms with Crippen molar-refractivity contribution in [3.8, 4) is 6.07 Å². The van der Waals surface area contributed by atoms with Gasteiger partial charge in [0.15, 0.2) is 0 Å². The van der Waals surface area contributed by atoms with Crippen LogP contribution in [0.1, 0.15) is 21.6 Å². The summed E-state index contributed by atoms with van der Waals surface area (Å²) in [5.41, 5.74) is 3.75. The number of aromatic amines is 1. The van der Waals surface area contributed by atoms with Crippen molar-refractivity contribution in [2.45, 2.75) is 13.8 Å². The zero-order valence-electron chi connectivity index (χ0n) is 12.1. The Kier molecular flexibility index (Phi) is 3.62. The van der Waals surface area contributed by atoms with Crippen LogP contribution in [0.3, 0.4) is 0 Å². The van der Waals surface area contributed by atoms with Gasteiger partial charge in [-0.3, -0.25) is 4.79 Å². The first-order valence-electron chi connectivity index (χ1n) is 6.35. The van der Waals surface area contributed by atoms with Crippen LogP contribution in [-0.2, 0) is 0 Å². The second kappa shape index (κ2) is 5.22. The molecule has 4 heteroatoms. The van der Waals surface area contributed by atoms with Crippen LogP contribution < -0.4 is 0 Å². The monoisotopic (exact) mass is 267 g/mol. The van der Waals surface area contributed by atoms with E-state index < -0.39 is 0 Å². The second-order valence-corrected chi connectivity index (χ2v) is 5.17. The molecule has 102 valence electrons. The molecule has 0 atom stereocenters. The summed E-state index contributed by atoms with van der Waals surface area (Å²) in [6.45, 7) is 4.03. The molecule has 0 fully saturated rings. The maximum absolute atomic E-state index is 12.3. The molecule has 20 heavy (non-hydrogen) atoms. The van der Waals surface area contributed by atoms with Gasteiger partial charge in [0.05, 0.1) is 5.69 Å². The van der Waals surface area contributed by atoms with E-state index in [4.69, 9.17) is 5.26 Å². The third-order valence-corrected chi connectivity index (χ3v) is 3.09. The molecule has 1 heterocycles. The molecule has 2 rings (SSSR count). The standard InChI is InChI=1S/C16H17N3O/c1-10-5-11(2)13-7-15(18-14(13)6-10)16(20)12(8-17)9-19(3)4/h5-7,9,18H,1-4H3. The Bertz CT molecular complexity index is 745. The average molecular weight is 267 g/mol. The van der Waals surface area contributed by atoms with Crippen LogP contribution in [0.2, 0.25) is 0 Å². The van der Waals surface area contributed by atoms with Crippen molar-refractivity contribution in [3.63, 3.8) is 0 Å². The van der Waals surface area contributed by atoms with E-state index in [1.807, 2.05) is 32.0 Å². The van der Waals surface area contributed by atoms with E-state index >= 15 is 0 Å². The molecule has 0 aliphatic rings. The highest BCUT2D eigenvalue weighted by Crippen LogP contribution is 2.22. The lowest BCUT2D eigenvalue weighted by Gasteiger charge is -2.04. The molecule has 0 amide bonds. The van der Waals surface area contributed by atoms with Crippen molar-refractivity contribution in [2.75, 3.05) is 14.1 Å². The number of Topliss-reactive ketones (excluding diaryl/α,β-unsaturated/α-hetero) is 1. The zero-order chi connectivity index (χ0) is 14.9. The number of rotatable bonds is 3. The number of carbonyl (C=O) groups is 1. The predicted octanol–water partition coefficient (Wildman–Crippen LogP) is 2.94. The maximum Gasteiger partial charge on any atom is 0.221 e. The molecule has 0 aliphatic carbocycles. The van der Waals surface area contributed by atoms with E-state index in [9.17, 15) is 4.79 Å². The highest BCUT2D eigenvalue weighted by Gasteiger charge is 2.15. The lowest BCUT2D eigenvalue weighted by Crippen LogP contribution is -2.09. The van der Waals surface area contributed by atoms with Crippen molar-refractivity contribution in [1.29, 1.82) is 5.26 Å². The van der Waals surface area contributed by atoms with E-state index in [2.05, 4.69) is 11.1 Å². The van der Waals surface area contributed by atoms with Gasteiger partial charge in [-0.1, -0.05) is 6.07 Å². The van der Waals surface area contributed by atoms with Gasteiger partial charge in [0, 0.05) is 31.2 Å². The summed E-state index contributed by atoms with van der Waals surface area (Å²) in [4.78, 5) is 17.1. The van der Waals surface area contributed by atoms with Gasteiger partial charge < -0.3 is 9.88 Å². The maximum atomic E-state index is 12.3. The molecule has 0 spiro atoms. The van der Waals surface area contributed by atoms with Gasteiger partial charge in [0.1, 0.15) is 11.6 Å². The average Bonchev–Trinajstić information content (AvgIpc) is 2.78. The van der Waals surface area contributed by atoms with Crippen LogP contribution in [-0.4, -0.2) is 29.8 Å². The largest absolute Gasteiger partial charge is 0.382 e. The van der Waals surface area contributed by atoms with Gasteiger partial charge in [0.2, 0.25) is 5.78 Å². The molecule has 1 N–H and O–H groups in total. The number of H-pyrrole nitrogens is 1. The number of allylic oxidation sites excluding steroid dienone is 1. The summed E-state index contributed by atoms with van der Waals surface area (Å²) in [6, 6.07) is 7.84. The van der Waals surface area contributed by atoms with Crippen molar-refractivity contribution >= 4 is 16.7 Å². The summed E-state index contributed by atoms with van der Waals surface area (Å²) in [6.07, 6.45) is 1.53. The minimum absolute atomic E-state index is 0.121. The summed E-state index contributed by atoms with van der Waals surface area (Å²) < 4.78 is 0. The van der Waals surface area contributed by atoms with E-state index in [1.165, 1.54) is 6.20 Å². The van der Waals surface area contributed by atoms with E-state index in [-0.39, 0.29) is 11.4 Å². The van der Waals surface area contributed by atoms with Gasteiger partial charge in [0.25, 0.3) is 0 Å². The number of nitrogens with one attached hydrogen (secondary N) is 1. The van der Waals surface area contributed by atoms with Crippen LogP contribution in [0, 0.1) is 25.2 Å². The van der Waals surface area contributed by atoms with Crippen LogP contribution in [0.4, 0.5) is 0 Å². The summed E-state index contributed by atoms with van der Waals surface area (Å²) >= 11 is 0. The number of carbonyl (C=O) groups excluding carboxylic acids is 1. The molecule has 0 bridgehead atoms. The molecule has 0 unspecified atom stereocenters. The molecule has 4 nitrogen and oxygen atoms in total. The molecular weight excluding hydrogens is 250 g/mol. The van der Waals surface area contributed by atoms with Crippen LogP contribution in [0.15, 0.2) is 30.0 Å². The number of fused-ring (bicyclic) bond motifs is 1.